The normalized spacial score (nSPS) is 16.2. The Morgan fingerprint density at radius 1 is 1.38 bits per heavy atom. The van der Waals surface area contributed by atoms with E-state index in [2.05, 4.69) is 10.6 Å². The number of ether oxygens (including phenoxy) is 1. The van der Waals surface area contributed by atoms with Crippen molar-refractivity contribution in [2.75, 3.05) is 18.5 Å². The molecule has 1 fully saturated rings. The van der Waals surface area contributed by atoms with Crippen LogP contribution in [0.4, 0.5) is 19.3 Å². The van der Waals surface area contributed by atoms with Gasteiger partial charge in [-0.15, -0.1) is 0 Å². The minimum atomic E-state index is -2.58. The average molecular weight is 300 g/mol. The van der Waals surface area contributed by atoms with Crippen LogP contribution in [0.1, 0.15) is 19.3 Å². The molecule has 0 heterocycles. The highest BCUT2D eigenvalue weighted by molar-refractivity contribution is 5.90. The SMILES string of the molecule is O=C(NCC1(O)CCC1)Nc1ccccc1OCC(F)F. The number of aliphatic hydroxyl groups is 1. The van der Waals surface area contributed by atoms with Crippen molar-refractivity contribution < 1.29 is 23.4 Å². The number of amides is 2. The zero-order valence-electron chi connectivity index (χ0n) is 11.4. The molecule has 0 atom stereocenters. The largest absolute Gasteiger partial charge is 0.485 e. The summed E-state index contributed by atoms with van der Waals surface area (Å²) in [6.45, 7) is -0.570. The molecule has 7 heteroatoms. The summed E-state index contributed by atoms with van der Waals surface area (Å²) in [6.07, 6.45) is -0.299. The summed E-state index contributed by atoms with van der Waals surface area (Å²) in [5.41, 5.74) is -0.514. The van der Waals surface area contributed by atoms with E-state index in [1.54, 1.807) is 18.2 Å². The van der Waals surface area contributed by atoms with Crippen LogP contribution >= 0.6 is 0 Å². The second kappa shape index (κ2) is 6.71. The minimum Gasteiger partial charge on any atom is -0.485 e. The van der Waals surface area contributed by atoms with E-state index in [1.165, 1.54) is 6.07 Å². The van der Waals surface area contributed by atoms with Crippen molar-refractivity contribution in [3.63, 3.8) is 0 Å². The fourth-order valence-corrected chi connectivity index (χ4v) is 2.02. The van der Waals surface area contributed by atoms with Gasteiger partial charge in [0.2, 0.25) is 0 Å². The van der Waals surface area contributed by atoms with E-state index in [-0.39, 0.29) is 12.3 Å². The molecule has 0 saturated heterocycles. The first-order valence-electron chi connectivity index (χ1n) is 6.76. The van der Waals surface area contributed by atoms with E-state index >= 15 is 0 Å². The van der Waals surface area contributed by atoms with E-state index in [1.807, 2.05) is 0 Å². The van der Waals surface area contributed by atoms with Crippen LogP contribution in [0.3, 0.4) is 0 Å². The van der Waals surface area contributed by atoms with Gasteiger partial charge in [0.1, 0.15) is 12.4 Å². The van der Waals surface area contributed by atoms with Crippen molar-refractivity contribution in [3.05, 3.63) is 24.3 Å². The summed E-state index contributed by atoms with van der Waals surface area (Å²) in [5, 5.41) is 15.0. The number of carbonyl (C=O) groups is 1. The molecule has 21 heavy (non-hydrogen) atoms. The standard InChI is InChI=1S/C14H18F2N2O3/c15-12(16)8-21-11-5-2-1-4-10(11)18-13(19)17-9-14(20)6-3-7-14/h1-2,4-5,12,20H,3,6-9H2,(H2,17,18,19). The Hall–Kier alpha value is -1.89. The Labute approximate surface area is 121 Å². The molecule has 1 aliphatic carbocycles. The first-order valence-corrected chi connectivity index (χ1v) is 6.76. The lowest BCUT2D eigenvalue weighted by molar-refractivity contribution is -0.0287. The number of para-hydroxylation sites is 2. The number of halogens is 2. The third-order valence-corrected chi connectivity index (χ3v) is 3.36. The molecule has 2 rings (SSSR count). The van der Waals surface area contributed by atoms with Crippen molar-refractivity contribution in [1.82, 2.24) is 5.32 Å². The van der Waals surface area contributed by atoms with Gasteiger partial charge in [0, 0.05) is 6.54 Å². The first-order chi connectivity index (χ1) is 9.98. The maximum Gasteiger partial charge on any atom is 0.319 e. The topological polar surface area (TPSA) is 70.6 Å². The van der Waals surface area contributed by atoms with E-state index in [0.717, 1.165) is 6.42 Å². The monoisotopic (exact) mass is 300 g/mol. The van der Waals surface area contributed by atoms with E-state index in [0.29, 0.717) is 18.5 Å². The lowest BCUT2D eigenvalue weighted by atomic mass is 9.80. The van der Waals surface area contributed by atoms with Gasteiger partial charge >= 0.3 is 6.03 Å². The fourth-order valence-electron chi connectivity index (χ4n) is 2.02. The Balaban J connectivity index is 1.87. The van der Waals surface area contributed by atoms with Gasteiger partial charge in [-0.3, -0.25) is 0 Å². The molecule has 0 radical (unpaired) electrons. The maximum absolute atomic E-state index is 12.2. The maximum atomic E-state index is 12.2. The van der Waals surface area contributed by atoms with Gasteiger partial charge in [0.25, 0.3) is 6.43 Å². The van der Waals surface area contributed by atoms with Gasteiger partial charge in [-0.1, -0.05) is 12.1 Å². The molecular weight excluding hydrogens is 282 g/mol. The van der Waals surface area contributed by atoms with Crippen LogP contribution < -0.4 is 15.4 Å². The number of hydrogen-bond acceptors (Lipinski definition) is 3. The molecule has 1 aliphatic rings. The quantitative estimate of drug-likeness (QED) is 0.755. The van der Waals surface area contributed by atoms with E-state index in [9.17, 15) is 18.7 Å². The Kier molecular flexibility index (Phi) is 4.95. The van der Waals surface area contributed by atoms with Crippen LogP contribution in [0.2, 0.25) is 0 Å². The molecule has 0 aromatic heterocycles. The molecule has 3 N–H and O–H groups in total. The number of alkyl halides is 2. The lowest BCUT2D eigenvalue weighted by Crippen LogP contribution is -2.48. The van der Waals surface area contributed by atoms with Gasteiger partial charge in [-0.05, 0) is 31.4 Å². The second-order valence-electron chi connectivity index (χ2n) is 5.08. The van der Waals surface area contributed by atoms with Crippen LogP contribution in [0, 0.1) is 0 Å². The van der Waals surface area contributed by atoms with Crippen molar-refractivity contribution in [2.45, 2.75) is 31.3 Å². The third-order valence-electron chi connectivity index (χ3n) is 3.36. The Bertz CT molecular complexity index is 493. The molecule has 5 nitrogen and oxygen atoms in total. The molecule has 1 saturated carbocycles. The highest BCUT2D eigenvalue weighted by Gasteiger charge is 2.34. The fraction of sp³-hybridized carbons (Fsp3) is 0.500. The molecule has 0 aliphatic heterocycles. The van der Waals surface area contributed by atoms with E-state index in [4.69, 9.17) is 4.74 Å². The summed E-state index contributed by atoms with van der Waals surface area (Å²) in [6, 6.07) is 5.82. The number of rotatable bonds is 6. The third kappa shape index (κ3) is 4.56. The zero-order valence-corrected chi connectivity index (χ0v) is 11.4. The van der Waals surface area contributed by atoms with Crippen LogP contribution in [-0.4, -0.2) is 36.3 Å². The summed E-state index contributed by atoms with van der Waals surface area (Å²) in [7, 11) is 0. The van der Waals surface area contributed by atoms with Crippen molar-refractivity contribution in [1.29, 1.82) is 0 Å². The summed E-state index contributed by atoms with van der Waals surface area (Å²) < 4.78 is 29.3. The lowest BCUT2D eigenvalue weighted by Gasteiger charge is -2.36. The van der Waals surface area contributed by atoms with Crippen LogP contribution in [0.25, 0.3) is 0 Å². The summed E-state index contributed by atoms with van der Waals surface area (Å²) >= 11 is 0. The number of anilines is 1. The number of nitrogens with one attached hydrogen (secondary N) is 2. The summed E-state index contributed by atoms with van der Waals surface area (Å²) in [5.74, 6) is 0.176. The van der Waals surface area contributed by atoms with Gasteiger partial charge in [-0.25, -0.2) is 13.6 Å². The van der Waals surface area contributed by atoms with Crippen LogP contribution in [0.5, 0.6) is 5.75 Å². The number of carbonyl (C=O) groups excluding carboxylic acids is 1. The van der Waals surface area contributed by atoms with Crippen molar-refractivity contribution >= 4 is 11.7 Å². The molecule has 0 unspecified atom stereocenters. The van der Waals surface area contributed by atoms with Crippen molar-refractivity contribution in [3.8, 4) is 5.75 Å². The predicted molar refractivity (Wildman–Crippen MR) is 73.8 cm³/mol. The Morgan fingerprint density at radius 2 is 2.10 bits per heavy atom. The molecule has 1 aromatic carbocycles. The zero-order chi connectivity index (χ0) is 15.3. The first kappa shape index (κ1) is 15.5. The smallest absolute Gasteiger partial charge is 0.319 e. The highest BCUT2D eigenvalue weighted by atomic mass is 19.3. The molecule has 1 aromatic rings. The van der Waals surface area contributed by atoms with Crippen LogP contribution in [-0.2, 0) is 0 Å². The molecular formula is C14H18F2N2O3. The van der Waals surface area contributed by atoms with Gasteiger partial charge in [-0.2, -0.15) is 0 Å². The van der Waals surface area contributed by atoms with E-state index < -0.39 is 24.7 Å². The number of hydrogen-bond donors (Lipinski definition) is 3. The summed E-state index contributed by atoms with van der Waals surface area (Å²) in [4.78, 5) is 11.8. The average Bonchev–Trinajstić information content (AvgIpc) is 2.42. The number of benzene rings is 1. The second-order valence-corrected chi connectivity index (χ2v) is 5.08. The van der Waals surface area contributed by atoms with Gasteiger partial charge in [0.15, 0.2) is 0 Å². The number of urea groups is 1. The highest BCUT2D eigenvalue weighted by Crippen LogP contribution is 2.30. The van der Waals surface area contributed by atoms with Crippen molar-refractivity contribution in [2.24, 2.45) is 0 Å². The molecule has 2 amide bonds. The molecule has 116 valence electrons. The molecule has 0 bridgehead atoms. The van der Waals surface area contributed by atoms with Gasteiger partial charge in [0.05, 0.1) is 11.3 Å². The minimum absolute atomic E-state index is 0.166. The Morgan fingerprint density at radius 3 is 2.71 bits per heavy atom. The molecule has 0 spiro atoms. The predicted octanol–water partition coefficient (Wildman–Crippen LogP) is 2.37. The van der Waals surface area contributed by atoms with Gasteiger partial charge < -0.3 is 20.5 Å². The van der Waals surface area contributed by atoms with Crippen LogP contribution in [0.15, 0.2) is 24.3 Å².